The predicted octanol–water partition coefficient (Wildman–Crippen LogP) is 3.55. The van der Waals surface area contributed by atoms with Gasteiger partial charge < -0.3 is 29.2 Å². The number of aromatic nitrogens is 2. The van der Waals surface area contributed by atoms with Crippen LogP contribution in [0.4, 0.5) is 0 Å². The third-order valence-corrected chi connectivity index (χ3v) is 7.34. The molecule has 9 nitrogen and oxygen atoms in total. The topological polar surface area (TPSA) is 115 Å². The molecular weight excluding hydrogens is 532 g/mol. The number of aliphatic hydroxyl groups excluding tert-OH is 2. The van der Waals surface area contributed by atoms with Crippen molar-refractivity contribution < 1.29 is 29.2 Å². The molecule has 10 heteroatoms. The Balaban J connectivity index is 1.56. The maximum Gasteiger partial charge on any atom is 0.328 e. The number of H-pyrrole nitrogens is 1. The number of nitrogens with one attached hydrogen (secondary N) is 1. The number of methoxy groups -OCH3 is 2. The second kappa shape index (κ2) is 11.7. The monoisotopic (exact) mass is 562 g/mol. The van der Waals surface area contributed by atoms with Gasteiger partial charge in [0.05, 0.1) is 20.8 Å². The third-order valence-electron chi connectivity index (χ3n) is 7.10. The van der Waals surface area contributed by atoms with E-state index in [4.69, 9.17) is 31.2 Å². The molecule has 0 aliphatic carbocycles. The van der Waals surface area contributed by atoms with E-state index < -0.39 is 35.8 Å². The van der Waals surface area contributed by atoms with Crippen LogP contribution in [0.2, 0.25) is 0 Å². The van der Waals surface area contributed by atoms with Crippen molar-refractivity contribution in [2.24, 2.45) is 0 Å². The minimum absolute atomic E-state index is 0.112. The molecule has 4 atom stereocenters. The first kappa shape index (κ1) is 27.8. The number of aliphatic hydroxyl groups is 2. The fraction of sp³-hybridized carbons (Fsp3) is 0.267. The van der Waals surface area contributed by atoms with E-state index in [1.165, 1.54) is 16.8 Å². The first-order valence-electron chi connectivity index (χ1n) is 12.7. The lowest BCUT2D eigenvalue weighted by molar-refractivity contribution is -0.0958. The lowest BCUT2D eigenvalue weighted by Crippen LogP contribution is -2.39. The normalized spacial score (nSPS) is 20.8. The summed E-state index contributed by atoms with van der Waals surface area (Å²) in [5, 5.41) is 21.8. The molecule has 208 valence electrons. The Bertz CT molecular complexity index is 1490. The Morgan fingerprint density at radius 1 is 0.850 bits per heavy atom. The number of nitrogens with zero attached hydrogens (tertiary/aromatic N) is 1. The molecule has 4 aromatic rings. The van der Waals surface area contributed by atoms with Gasteiger partial charge in [0.1, 0.15) is 40.1 Å². The van der Waals surface area contributed by atoms with Gasteiger partial charge in [-0.3, -0.25) is 9.55 Å². The van der Waals surface area contributed by atoms with Gasteiger partial charge in [-0.05, 0) is 47.0 Å². The quantitative estimate of drug-likeness (QED) is 0.210. The highest BCUT2D eigenvalue weighted by atomic mass is 32.1. The van der Waals surface area contributed by atoms with Crippen LogP contribution in [0.25, 0.3) is 0 Å². The molecule has 1 unspecified atom stereocenters. The highest BCUT2D eigenvalue weighted by Crippen LogP contribution is 2.42. The van der Waals surface area contributed by atoms with Gasteiger partial charge in [-0.1, -0.05) is 66.8 Å². The number of hydrogen-bond donors (Lipinski definition) is 3. The molecule has 0 amide bonds. The summed E-state index contributed by atoms with van der Waals surface area (Å²) in [5.41, 5.74) is 0.755. The Kier molecular flexibility index (Phi) is 8.15. The lowest BCUT2D eigenvalue weighted by Gasteiger charge is -2.37. The Labute approximate surface area is 236 Å². The van der Waals surface area contributed by atoms with Gasteiger partial charge in [0.15, 0.2) is 6.23 Å². The zero-order chi connectivity index (χ0) is 28.3. The van der Waals surface area contributed by atoms with E-state index in [-0.39, 0.29) is 11.2 Å². The number of hydrogen-bond acceptors (Lipinski definition) is 8. The number of benzene rings is 3. The van der Waals surface area contributed by atoms with Gasteiger partial charge in [0, 0.05) is 6.20 Å². The van der Waals surface area contributed by atoms with Gasteiger partial charge >= 0.3 is 5.69 Å². The number of aromatic amines is 1. The van der Waals surface area contributed by atoms with E-state index in [2.05, 4.69) is 4.98 Å². The maximum absolute atomic E-state index is 12.5. The van der Waals surface area contributed by atoms with Crippen LogP contribution in [-0.2, 0) is 15.1 Å². The Morgan fingerprint density at radius 3 is 1.93 bits per heavy atom. The SMILES string of the molecule is COc1ccc(C(OC[C@H]2O[C@@H](n3ccc(=S)[nH]c3=O)C(O)[C@H]2O)(c2ccccc2)c2ccc(OC)cc2)cc1. The predicted molar refractivity (Wildman–Crippen MR) is 150 cm³/mol. The highest BCUT2D eigenvalue weighted by molar-refractivity contribution is 7.71. The molecule has 1 saturated heterocycles. The summed E-state index contributed by atoms with van der Waals surface area (Å²) >= 11 is 5.01. The molecule has 1 aliphatic heterocycles. The zero-order valence-corrected chi connectivity index (χ0v) is 22.8. The van der Waals surface area contributed by atoms with Gasteiger partial charge in [0.2, 0.25) is 0 Å². The van der Waals surface area contributed by atoms with Crippen molar-refractivity contribution in [3.63, 3.8) is 0 Å². The molecule has 2 heterocycles. The molecule has 0 spiro atoms. The van der Waals surface area contributed by atoms with Gasteiger partial charge in [0.25, 0.3) is 0 Å². The molecule has 3 aromatic carbocycles. The highest BCUT2D eigenvalue weighted by Gasteiger charge is 2.46. The van der Waals surface area contributed by atoms with E-state index in [0.717, 1.165) is 16.7 Å². The number of rotatable bonds is 9. The van der Waals surface area contributed by atoms with Crippen LogP contribution < -0.4 is 15.2 Å². The number of ether oxygens (including phenoxy) is 4. The average Bonchev–Trinajstić information content (AvgIpc) is 3.27. The summed E-state index contributed by atoms with van der Waals surface area (Å²) in [5.74, 6) is 1.38. The minimum Gasteiger partial charge on any atom is -0.497 e. The van der Waals surface area contributed by atoms with Crippen molar-refractivity contribution in [3.05, 3.63) is 123 Å². The molecule has 3 N–H and O–H groups in total. The minimum atomic E-state index is -1.37. The van der Waals surface area contributed by atoms with Gasteiger partial charge in [-0.2, -0.15) is 0 Å². The summed E-state index contributed by atoms with van der Waals surface area (Å²) in [6, 6.07) is 26.3. The Morgan fingerprint density at radius 2 is 1.40 bits per heavy atom. The first-order valence-corrected chi connectivity index (χ1v) is 13.1. The fourth-order valence-corrected chi connectivity index (χ4v) is 5.15. The van der Waals surface area contributed by atoms with E-state index in [9.17, 15) is 15.0 Å². The van der Waals surface area contributed by atoms with E-state index in [0.29, 0.717) is 11.5 Å². The Hall–Kier alpha value is -3.80. The van der Waals surface area contributed by atoms with Crippen molar-refractivity contribution in [2.45, 2.75) is 30.1 Å². The van der Waals surface area contributed by atoms with E-state index in [1.54, 1.807) is 14.2 Å². The molecule has 0 bridgehead atoms. The lowest BCUT2D eigenvalue weighted by atomic mass is 9.80. The van der Waals surface area contributed by atoms with Crippen LogP contribution in [0.15, 0.2) is 95.9 Å². The van der Waals surface area contributed by atoms with Gasteiger partial charge in [-0.25, -0.2) is 4.79 Å². The molecule has 1 fully saturated rings. The summed E-state index contributed by atoms with van der Waals surface area (Å²) in [4.78, 5) is 15.0. The molecule has 0 saturated carbocycles. The van der Waals surface area contributed by atoms with E-state index in [1.807, 2.05) is 78.9 Å². The third kappa shape index (κ3) is 5.19. The molecule has 0 radical (unpaired) electrons. The largest absolute Gasteiger partial charge is 0.497 e. The van der Waals surface area contributed by atoms with Crippen molar-refractivity contribution >= 4 is 12.2 Å². The molecule has 1 aliphatic rings. The summed E-state index contributed by atoms with van der Waals surface area (Å²) < 4.78 is 25.0. The van der Waals surface area contributed by atoms with Crippen LogP contribution in [0, 0.1) is 4.64 Å². The van der Waals surface area contributed by atoms with E-state index >= 15 is 0 Å². The first-order chi connectivity index (χ1) is 19.4. The molecular formula is C30H30N2O7S. The smallest absolute Gasteiger partial charge is 0.328 e. The van der Waals surface area contributed by atoms with Crippen molar-refractivity contribution in [3.8, 4) is 11.5 Å². The molecule has 1 aromatic heterocycles. The van der Waals surface area contributed by atoms with Gasteiger partial charge in [-0.15, -0.1) is 0 Å². The summed E-state index contributed by atoms with van der Waals surface area (Å²) in [6.45, 7) is -0.112. The fourth-order valence-electron chi connectivity index (χ4n) is 5.01. The molecule has 40 heavy (non-hydrogen) atoms. The van der Waals surface area contributed by atoms with Crippen LogP contribution in [-0.4, -0.2) is 58.9 Å². The van der Waals surface area contributed by atoms with Crippen LogP contribution in [0.5, 0.6) is 11.5 Å². The summed E-state index contributed by atoms with van der Waals surface area (Å²) in [6.07, 6.45) is -3.34. The van der Waals surface area contributed by atoms with Crippen molar-refractivity contribution in [1.29, 1.82) is 0 Å². The van der Waals surface area contributed by atoms with Crippen molar-refractivity contribution in [2.75, 3.05) is 20.8 Å². The summed E-state index contributed by atoms with van der Waals surface area (Å²) in [7, 11) is 3.20. The second-order valence-electron chi connectivity index (χ2n) is 9.38. The standard InChI is InChI=1S/C30H30N2O7S/c1-36-22-12-8-20(9-13-22)30(19-6-4-3-5-7-19,21-10-14-23(37-2)15-11-21)38-18-24-26(33)27(34)28(39-24)32-17-16-25(40)31-29(32)35/h3-17,24,26-28,33-34H,18H2,1-2H3,(H,31,35,40)/t24-,26+,27?,28-/m1/s1. The maximum atomic E-state index is 12.5. The van der Waals surface area contributed by atoms with Crippen LogP contribution in [0.1, 0.15) is 22.9 Å². The zero-order valence-electron chi connectivity index (χ0n) is 22.0. The average molecular weight is 563 g/mol. The van der Waals surface area contributed by atoms with Crippen LogP contribution in [0.3, 0.4) is 0 Å². The van der Waals surface area contributed by atoms with Crippen LogP contribution >= 0.6 is 12.2 Å². The van der Waals surface area contributed by atoms with Crippen molar-refractivity contribution in [1.82, 2.24) is 9.55 Å². The molecule has 5 rings (SSSR count). The second-order valence-corrected chi connectivity index (χ2v) is 9.82.